The van der Waals surface area contributed by atoms with Crippen LogP contribution in [-0.4, -0.2) is 62.7 Å². The molecule has 6 rings (SSSR count). The molecule has 0 aliphatic carbocycles. The normalized spacial score (nSPS) is 16.5. The van der Waals surface area contributed by atoms with Crippen LogP contribution >= 0.6 is 0 Å². The molecule has 3 heterocycles. The Kier molecular flexibility index (Phi) is 12.6. The van der Waals surface area contributed by atoms with Crippen molar-refractivity contribution in [1.29, 1.82) is 0 Å². The number of hydrazine groups is 1. The first-order chi connectivity index (χ1) is 25.0. The molecule has 0 spiro atoms. The van der Waals surface area contributed by atoms with Crippen molar-refractivity contribution in [2.45, 2.75) is 84.2 Å². The van der Waals surface area contributed by atoms with E-state index in [0.717, 1.165) is 59.4 Å². The number of nitrogens with one attached hydrogen (secondary N) is 1. The largest absolute Gasteiger partial charge is 0.491 e. The molecule has 1 amide bonds. The van der Waals surface area contributed by atoms with Gasteiger partial charge in [0.05, 0.1) is 21.8 Å². The monoisotopic (exact) mass is 726 g/mol. The van der Waals surface area contributed by atoms with Gasteiger partial charge < -0.3 is 25.7 Å². The first-order valence-corrected chi connectivity index (χ1v) is 19.4. The minimum Gasteiger partial charge on any atom is -0.491 e. The first-order valence-electron chi connectivity index (χ1n) is 18.3. The zero-order valence-electron chi connectivity index (χ0n) is 31.6. The van der Waals surface area contributed by atoms with Crippen LogP contribution < -0.4 is 31.5 Å². The average molecular weight is 727 g/mol. The molecular weight excluding hydrogens is 673 g/mol. The summed E-state index contributed by atoms with van der Waals surface area (Å²) in [5.41, 5.74) is 12.6. The van der Waals surface area contributed by atoms with E-state index in [1.807, 2.05) is 76.2 Å². The number of nitrogens with zero attached hydrogens (tertiary/aromatic N) is 5. The van der Waals surface area contributed by atoms with Crippen LogP contribution in [0.2, 0.25) is 0 Å². The van der Waals surface area contributed by atoms with E-state index in [1.54, 1.807) is 17.4 Å². The summed E-state index contributed by atoms with van der Waals surface area (Å²) < 4.78 is 21.7. The Labute approximate surface area is 311 Å². The van der Waals surface area contributed by atoms with Gasteiger partial charge >= 0.3 is 0 Å². The van der Waals surface area contributed by atoms with Crippen molar-refractivity contribution < 1.29 is 13.7 Å². The van der Waals surface area contributed by atoms with E-state index in [0.29, 0.717) is 54.1 Å². The van der Waals surface area contributed by atoms with Crippen LogP contribution in [0.4, 0.5) is 17.3 Å². The third-order valence-electron chi connectivity index (χ3n) is 9.86. The number of nitrogens with two attached hydrogens (primary N) is 2. The number of carbonyl (C=O) groups is 1. The molecule has 5 N–H and O–H groups in total. The van der Waals surface area contributed by atoms with E-state index in [-0.39, 0.29) is 11.8 Å². The van der Waals surface area contributed by atoms with Gasteiger partial charge in [-0.25, -0.2) is 24.3 Å². The van der Waals surface area contributed by atoms with E-state index in [9.17, 15) is 9.00 Å². The molecule has 1 fully saturated rings. The topological polar surface area (TPSA) is 143 Å². The fourth-order valence-corrected chi connectivity index (χ4v) is 8.24. The maximum Gasteiger partial charge on any atom is 0.254 e. The van der Waals surface area contributed by atoms with E-state index < -0.39 is 16.5 Å². The lowest BCUT2D eigenvalue weighted by Gasteiger charge is -2.38. The molecule has 11 nitrogen and oxygen atoms in total. The molecule has 0 radical (unpaired) electrons. The molecule has 278 valence electrons. The van der Waals surface area contributed by atoms with Crippen molar-refractivity contribution in [3.05, 3.63) is 100 Å². The van der Waals surface area contributed by atoms with Gasteiger partial charge in [-0.1, -0.05) is 50.2 Å². The second kappa shape index (κ2) is 16.9. The average Bonchev–Trinajstić information content (AvgIpc) is 3.65. The summed E-state index contributed by atoms with van der Waals surface area (Å²) in [6, 6.07) is 17.9. The van der Waals surface area contributed by atoms with Crippen molar-refractivity contribution in [3.63, 3.8) is 0 Å². The predicted molar refractivity (Wildman–Crippen MR) is 211 cm³/mol. The second-order valence-corrected chi connectivity index (χ2v) is 15.1. The van der Waals surface area contributed by atoms with Crippen molar-refractivity contribution in [2.75, 3.05) is 48.4 Å². The lowest BCUT2D eigenvalue weighted by molar-refractivity contribution is 0.0905. The van der Waals surface area contributed by atoms with E-state index in [4.69, 9.17) is 16.3 Å². The van der Waals surface area contributed by atoms with E-state index in [2.05, 4.69) is 51.4 Å². The van der Waals surface area contributed by atoms with Crippen LogP contribution in [0.3, 0.4) is 0 Å². The lowest BCUT2D eigenvalue weighted by Crippen LogP contribution is -2.48. The molecule has 2 aliphatic rings. The lowest BCUT2D eigenvalue weighted by atomic mass is 9.74. The highest BCUT2D eigenvalue weighted by molar-refractivity contribution is 7.82. The van der Waals surface area contributed by atoms with Gasteiger partial charge in [-0.3, -0.25) is 4.79 Å². The molecule has 1 aromatic heterocycles. The number of para-hydroxylation sites is 1. The minimum atomic E-state index is -1.39. The molecule has 0 bridgehead atoms. The summed E-state index contributed by atoms with van der Waals surface area (Å²) in [6.07, 6.45) is 5.44. The number of ether oxygens (including phenoxy) is 1. The number of hydrogen-bond donors (Lipinski definition) is 3. The predicted octanol–water partition coefficient (Wildman–Crippen LogP) is 6.26. The van der Waals surface area contributed by atoms with Crippen molar-refractivity contribution >= 4 is 34.2 Å². The molecule has 4 aromatic rings. The maximum atomic E-state index is 13.8. The van der Waals surface area contributed by atoms with Gasteiger partial charge in [0.1, 0.15) is 23.3 Å². The zero-order valence-corrected chi connectivity index (χ0v) is 32.4. The maximum absolute atomic E-state index is 13.8. The SMILES string of the molecule is CC.CCN(N)c1ccc(C(c2ccc(C)c(CN3CCOc4ccccc4S3=O)c2)C(C)(C)NC(=O)c2cnc(N3CCCC3)nc2)c(C)c1N. The van der Waals surface area contributed by atoms with E-state index in [1.165, 1.54) is 0 Å². The van der Waals surface area contributed by atoms with Crippen molar-refractivity contribution in [1.82, 2.24) is 19.6 Å². The Bertz CT molecular complexity index is 1880. The van der Waals surface area contributed by atoms with Gasteiger partial charge in [0.2, 0.25) is 5.95 Å². The van der Waals surface area contributed by atoms with Gasteiger partial charge in [0.15, 0.2) is 0 Å². The molecule has 2 atom stereocenters. The second-order valence-electron chi connectivity index (χ2n) is 13.7. The van der Waals surface area contributed by atoms with Crippen molar-refractivity contribution in [2.24, 2.45) is 5.84 Å². The third-order valence-corrected chi connectivity index (χ3v) is 11.4. The molecular formula is C40H54N8O3S. The molecule has 52 heavy (non-hydrogen) atoms. The van der Waals surface area contributed by atoms with Crippen LogP contribution in [0.5, 0.6) is 5.75 Å². The van der Waals surface area contributed by atoms with Crippen LogP contribution in [0, 0.1) is 13.8 Å². The number of amides is 1. The number of benzene rings is 3. The smallest absolute Gasteiger partial charge is 0.254 e. The highest BCUT2D eigenvalue weighted by Gasteiger charge is 2.36. The summed E-state index contributed by atoms with van der Waals surface area (Å²) in [6.45, 7) is 18.0. The Morgan fingerprint density at radius 3 is 2.42 bits per heavy atom. The number of carbonyl (C=O) groups excluding carboxylic acids is 1. The van der Waals surface area contributed by atoms with Gasteiger partial charge in [-0.2, -0.15) is 0 Å². The molecule has 3 aromatic carbocycles. The molecule has 0 saturated carbocycles. The first kappa shape index (κ1) is 38.7. The van der Waals surface area contributed by atoms with Gasteiger partial charge in [-0.05, 0) is 93.5 Å². The third kappa shape index (κ3) is 8.24. The number of nitrogen functional groups attached to an aromatic ring is 1. The number of hydrogen-bond acceptors (Lipinski definition) is 9. The standard InChI is InChI=1S/C38H48N8O3S.C2H6/c1-6-46(40)31-16-15-30(26(3)35(31)39)34(38(4,5)43-36(47)29-22-41-37(42-23-29)44-17-9-10-18-44)27-14-13-25(2)28(21-27)24-45-19-20-49-32-11-7-8-12-33(32)50(45)48;1-2/h7-8,11-16,21-23,34H,6,9-10,17-20,24,39-40H2,1-5H3,(H,43,47);1-2H3. The highest BCUT2D eigenvalue weighted by Crippen LogP contribution is 2.41. The molecule has 2 aliphatic heterocycles. The number of rotatable bonds is 10. The van der Waals surface area contributed by atoms with Crippen LogP contribution in [0.1, 0.15) is 91.6 Å². The number of anilines is 3. The summed E-state index contributed by atoms with van der Waals surface area (Å²) in [4.78, 5) is 25.7. The van der Waals surface area contributed by atoms with Crippen molar-refractivity contribution in [3.8, 4) is 5.75 Å². The van der Waals surface area contributed by atoms with Crippen LogP contribution in [0.15, 0.2) is 71.9 Å². The molecule has 1 saturated heterocycles. The highest BCUT2D eigenvalue weighted by atomic mass is 32.2. The molecule has 2 unspecified atom stereocenters. The summed E-state index contributed by atoms with van der Waals surface area (Å²) in [5.74, 6) is 7.01. The number of aryl methyl sites for hydroxylation is 1. The Hall–Kier alpha value is -4.52. The van der Waals surface area contributed by atoms with Crippen LogP contribution in [0.25, 0.3) is 0 Å². The van der Waals surface area contributed by atoms with Gasteiger partial charge in [0, 0.05) is 56.6 Å². The fourth-order valence-electron chi connectivity index (χ4n) is 6.97. The fraction of sp³-hybridized carbons (Fsp3) is 0.425. The number of fused-ring (bicyclic) bond motifs is 1. The Morgan fingerprint density at radius 1 is 1.04 bits per heavy atom. The van der Waals surface area contributed by atoms with E-state index >= 15 is 0 Å². The Morgan fingerprint density at radius 2 is 1.73 bits per heavy atom. The summed E-state index contributed by atoms with van der Waals surface area (Å²) >= 11 is 0. The summed E-state index contributed by atoms with van der Waals surface area (Å²) in [5, 5.41) is 4.94. The van der Waals surface area contributed by atoms with Gasteiger partial charge in [0.25, 0.3) is 5.91 Å². The van der Waals surface area contributed by atoms with Crippen LogP contribution in [-0.2, 0) is 17.5 Å². The zero-order chi connectivity index (χ0) is 37.6. The Balaban J connectivity index is 0.00000257. The van der Waals surface area contributed by atoms with Gasteiger partial charge in [-0.15, -0.1) is 0 Å². The minimum absolute atomic E-state index is 0.264. The number of aromatic nitrogens is 2. The quantitative estimate of drug-likeness (QED) is 0.0981. The summed E-state index contributed by atoms with van der Waals surface area (Å²) in [7, 11) is -1.39. The molecule has 12 heteroatoms.